The lowest BCUT2D eigenvalue weighted by molar-refractivity contribution is 0.329. The second-order valence-electron chi connectivity index (χ2n) is 6.27. The molecule has 0 aliphatic heterocycles. The molecule has 0 radical (unpaired) electrons. The predicted octanol–water partition coefficient (Wildman–Crippen LogP) is 1.29. The molecule has 27 heavy (non-hydrogen) atoms. The maximum Gasteiger partial charge on any atom is 0.264 e. The molecule has 0 spiro atoms. The van der Waals surface area contributed by atoms with Crippen molar-refractivity contribution in [3.05, 3.63) is 36.9 Å². The van der Waals surface area contributed by atoms with Gasteiger partial charge in [-0.1, -0.05) is 0 Å². The Bertz CT molecular complexity index is 982. The summed E-state index contributed by atoms with van der Waals surface area (Å²) in [4.78, 5) is 15.4. The van der Waals surface area contributed by atoms with Crippen LogP contribution in [0.3, 0.4) is 0 Å². The lowest BCUT2D eigenvalue weighted by Crippen LogP contribution is -2.24. The van der Waals surface area contributed by atoms with Crippen LogP contribution in [0.15, 0.2) is 36.9 Å². The van der Waals surface area contributed by atoms with Crippen LogP contribution in [-0.4, -0.2) is 59.0 Å². The number of hydrogen-bond donors (Lipinski definition) is 0. The summed E-state index contributed by atoms with van der Waals surface area (Å²) < 4.78 is 31.0. The van der Waals surface area contributed by atoms with Gasteiger partial charge in [0.1, 0.15) is 11.4 Å². The maximum atomic E-state index is 11.2. The zero-order valence-electron chi connectivity index (χ0n) is 15.7. The van der Waals surface area contributed by atoms with Crippen molar-refractivity contribution in [3.63, 3.8) is 0 Å². The first-order valence-corrected chi connectivity index (χ1v) is 10.1. The molecule has 0 saturated carbocycles. The summed E-state index contributed by atoms with van der Waals surface area (Å²) in [6, 6.07) is 3.82. The standard InChI is InChI=1S/C17H22N6O3S/c1-21(9-10-26-27(4,24)25)13-11-14(16-18-5-7-22(16)2)20-15(12-13)17-19-6-8-23(17)3/h5-8,11-12H,9-10H2,1-4H3. The number of likely N-dealkylation sites (N-methyl/N-ethyl adjacent to an activating group) is 1. The summed E-state index contributed by atoms with van der Waals surface area (Å²) in [5, 5.41) is 0. The molecule has 0 atom stereocenters. The molecule has 144 valence electrons. The Morgan fingerprint density at radius 3 is 1.96 bits per heavy atom. The molecule has 0 saturated heterocycles. The van der Waals surface area contributed by atoms with Crippen molar-refractivity contribution in [2.24, 2.45) is 14.1 Å². The second kappa shape index (κ2) is 7.49. The summed E-state index contributed by atoms with van der Waals surface area (Å²) in [5.41, 5.74) is 2.26. The van der Waals surface area contributed by atoms with Gasteiger partial charge < -0.3 is 14.0 Å². The van der Waals surface area contributed by atoms with Gasteiger partial charge in [0.25, 0.3) is 10.1 Å². The highest BCUT2D eigenvalue weighted by molar-refractivity contribution is 7.85. The van der Waals surface area contributed by atoms with Crippen LogP contribution >= 0.6 is 0 Å². The number of imidazole rings is 2. The number of nitrogens with zero attached hydrogens (tertiary/aromatic N) is 6. The van der Waals surface area contributed by atoms with Crippen molar-refractivity contribution in [1.29, 1.82) is 0 Å². The van der Waals surface area contributed by atoms with Crippen LogP contribution in [0.25, 0.3) is 23.0 Å². The zero-order valence-corrected chi connectivity index (χ0v) is 16.5. The second-order valence-corrected chi connectivity index (χ2v) is 7.91. The summed E-state index contributed by atoms with van der Waals surface area (Å²) in [6.45, 7) is 0.463. The van der Waals surface area contributed by atoms with Gasteiger partial charge in [-0.25, -0.2) is 15.0 Å². The summed E-state index contributed by atoms with van der Waals surface area (Å²) >= 11 is 0. The van der Waals surface area contributed by atoms with Gasteiger partial charge in [-0.3, -0.25) is 4.18 Å². The Morgan fingerprint density at radius 1 is 1.04 bits per heavy atom. The largest absolute Gasteiger partial charge is 0.372 e. The van der Waals surface area contributed by atoms with E-state index in [1.165, 1.54) is 0 Å². The number of aromatic nitrogens is 5. The molecule has 0 bridgehead atoms. The lowest BCUT2D eigenvalue weighted by atomic mass is 10.2. The quantitative estimate of drug-likeness (QED) is 0.561. The number of aryl methyl sites for hydroxylation is 2. The maximum absolute atomic E-state index is 11.2. The van der Waals surface area contributed by atoms with E-state index in [0.29, 0.717) is 17.9 Å². The fourth-order valence-corrected chi connectivity index (χ4v) is 3.02. The van der Waals surface area contributed by atoms with Crippen LogP contribution in [0.2, 0.25) is 0 Å². The predicted molar refractivity (Wildman–Crippen MR) is 103 cm³/mol. The van der Waals surface area contributed by atoms with E-state index in [1.807, 2.05) is 59.7 Å². The van der Waals surface area contributed by atoms with E-state index in [9.17, 15) is 8.42 Å². The van der Waals surface area contributed by atoms with Gasteiger partial charge >= 0.3 is 0 Å². The van der Waals surface area contributed by atoms with Gasteiger partial charge in [-0.05, 0) is 12.1 Å². The molecule has 0 amide bonds. The zero-order chi connectivity index (χ0) is 19.6. The molecule has 3 heterocycles. The molecule has 10 heteroatoms. The molecule has 0 aliphatic carbocycles. The first-order chi connectivity index (χ1) is 12.7. The summed E-state index contributed by atoms with van der Waals surface area (Å²) in [7, 11) is 2.21. The number of pyridine rings is 1. The Morgan fingerprint density at radius 2 is 1.56 bits per heavy atom. The van der Waals surface area contributed by atoms with E-state index in [2.05, 4.69) is 9.97 Å². The molecule has 3 rings (SSSR count). The van der Waals surface area contributed by atoms with Crippen LogP contribution < -0.4 is 4.90 Å². The van der Waals surface area contributed by atoms with Crippen LogP contribution in [0.4, 0.5) is 5.69 Å². The Hall–Kier alpha value is -2.72. The highest BCUT2D eigenvalue weighted by Gasteiger charge is 2.15. The van der Waals surface area contributed by atoms with Gasteiger partial charge in [-0.15, -0.1) is 0 Å². The van der Waals surface area contributed by atoms with Crippen molar-refractivity contribution in [3.8, 4) is 23.0 Å². The Labute approximate surface area is 158 Å². The average molecular weight is 390 g/mol. The molecule has 0 fully saturated rings. The van der Waals surface area contributed by atoms with Crippen LogP contribution in [0.5, 0.6) is 0 Å². The van der Waals surface area contributed by atoms with Gasteiger partial charge in [-0.2, -0.15) is 8.42 Å². The van der Waals surface area contributed by atoms with Gasteiger partial charge in [0.15, 0.2) is 11.6 Å². The van der Waals surface area contributed by atoms with Crippen molar-refractivity contribution < 1.29 is 12.6 Å². The van der Waals surface area contributed by atoms with Crippen molar-refractivity contribution >= 4 is 15.8 Å². The molecular weight excluding hydrogens is 368 g/mol. The Balaban J connectivity index is 1.97. The summed E-state index contributed by atoms with van der Waals surface area (Å²) in [6.07, 6.45) is 8.18. The fraction of sp³-hybridized carbons (Fsp3) is 0.353. The minimum Gasteiger partial charge on any atom is -0.372 e. The van der Waals surface area contributed by atoms with Gasteiger partial charge in [0.05, 0.1) is 12.9 Å². The van der Waals surface area contributed by atoms with E-state index in [-0.39, 0.29) is 6.61 Å². The molecule has 9 nitrogen and oxygen atoms in total. The molecular formula is C17H22N6O3S. The molecule has 0 unspecified atom stereocenters. The first kappa shape index (κ1) is 19.1. The van der Waals surface area contributed by atoms with Crippen molar-refractivity contribution in [2.75, 3.05) is 31.4 Å². The normalized spacial score (nSPS) is 11.7. The third kappa shape index (κ3) is 4.52. The van der Waals surface area contributed by atoms with E-state index in [0.717, 1.165) is 23.6 Å². The number of rotatable bonds is 7. The van der Waals surface area contributed by atoms with E-state index >= 15 is 0 Å². The van der Waals surface area contributed by atoms with Crippen molar-refractivity contribution in [1.82, 2.24) is 24.1 Å². The van der Waals surface area contributed by atoms with Gasteiger partial charge in [0.2, 0.25) is 0 Å². The highest BCUT2D eigenvalue weighted by Crippen LogP contribution is 2.27. The minimum atomic E-state index is -3.47. The molecule has 3 aromatic heterocycles. The minimum absolute atomic E-state index is 0.0626. The van der Waals surface area contributed by atoms with Crippen LogP contribution in [0, 0.1) is 0 Å². The van der Waals surface area contributed by atoms with E-state index in [4.69, 9.17) is 9.17 Å². The average Bonchev–Trinajstić information content (AvgIpc) is 3.21. The van der Waals surface area contributed by atoms with E-state index in [1.54, 1.807) is 12.4 Å². The monoisotopic (exact) mass is 390 g/mol. The summed E-state index contributed by atoms with van der Waals surface area (Å²) in [5.74, 6) is 1.46. The third-order valence-electron chi connectivity index (χ3n) is 4.08. The molecule has 0 aromatic carbocycles. The highest BCUT2D eigenvalue weighted by atomic mass is 32.2. The first-order valence-electron chi connectivity index (χ1n) is 8.27. The number of hydrogen-bond acceptors (Lipinski definition) is 7. The lowest BCUT2D eigenvalue weighted by Gasteiger charge is -2.20. The third-order valence-corrected chi connectivity index (χ3v) is 4.67. The van der Waals surface area contributed by atoms with Crippen molar-refractivity contribution in [2.45, 2.75) is 0 Å². The van der Waals surface area contributed by atoms with Gasteiger partial charge in [0, 0.05) is 58.2 Å². The van der Waals surface area contributed by atoms with E-state index < -0.39 is 10.1 Å². The SMILES string of the molecule is CN(CCOS(C)(=O)=O)c1cc(-c2nccn2C)nc(-c2nccn2C)c1. The Kier molecular flexibility index (Phi) is 5.29. The topological polar surface area (TPSA) is 95.1 Å². The number of anilines is 1. The molecule has 0 aliphatic rings. The smallest absolute Gasteiger partial charge is 0.264 e. The molecule has 0 N–H and O–H groups in total. The molecule has 3 aromatic rings. The fourth-order valence-electron chi connectivity index (χ4n) is 2.65. The van der Waals surface area contributed by atoms with Crippen LogP contribution in [-0.2, 0) is 28.4 Å². The van der Waals surface area contributed by atoms with Crippen LogP contribution in [0.1, 0.15) is 0 Å².